The second-order valence-electron chi connectivity index (χ2n) is 4.48. The molecule has 0 spiro atoms. The number of benzene rings is 2. The number of nitrogens with two attached hydrogens (primary N) is 1. The summed E-state index contributed by atoms with van der Waals surface area (Å²) in [6, 6.07) is 11.2. The van der Waals surface area contributed by atoms with Crippen LogP contribution >= 0.6 is 15.9 Å². The van der Waals surface area contributed by atoms with Gasteiger partial charge in [-0.1, -0.05) is 28.1 Å². The predicted octanol–water partition coefficient (Wildman–Crippen LogP) is 3.52. The predicted molar refractivity (Wildman–Crippen MR) is 86.3 cm³/mol. The first-order chi connectivity index (χ1) is 10.1. The third kappa shape index (κ3) is 3.31. The van der Waals surface area contributed by atoms with Crippen molar-refractivity contribution in [3.63, 3.8) is 0 Å². The number of halogens is 1. The Bertz CT molecular complexity index is 614. The van der Waals surface area contributed by atoms with Crippen LogP contribution in [0.15, 0.2) is 40.9 Å². The molecule has 112 valence electrons. The summed E-state index contributed by atoms with van der Waals surface area (Å²) < 4.78 is 17.1. The number of rotatable bonds is 5. The first-order valence-corrected chi connectivity index (χ1v) is 7.21. The van der Waals surface area contributed by atoms with Gasteiger partial charge in [-0.05, 0) is 23.8 Å². The minimum absolute atomic E-state index is 0.312. The van der Waals surface area contributed by atoms with Crippen molar-refractivity contribution in [1.29, 1.82) is 0 Å². The van der Waals surface area contributed by atoms with Crippen molar-refractivity contribution in [3.05, 3.63) is 52.0 Å². The van der Waals surface area contributed by atoms with Crippen LogP contribution in [0.5, 0.6) is 17.2 Å². The number of ether oxygens (including phenoxy) is 3. The van der Waals surface area contributed by atoms with Gasteiger partial charge in [0.15, 0.2) is 11.5 Å². The molecule has 0 heterocycles. The summed E-state index contributed by atoms with van der Waals surface area (Å²) in [6.45, 7) is 0. The summed E-state index contributed by atoms with van der Waals surface area (Å²) in [5.41, 5.74) is 8.20. The maximum Gasteiger partial charge on any atom is 0.164 e. The van der Waals surface area contributed by atoms with Gasteiger partial charge in [0.25, 0.3) is 0 Å². The van der Waals surface area contributed by atoms with Gasteiger partial charge >= 0.3 is 0 Å². The minimum Gasteiger partial charge on any atom is -0.496 e. The van der Waals surface area contributed by atoms with E-state index >= 15 is 0 Å². The van der Waals surface area contributed by atoms with Crippen LogP contribution in [-0.4, -0.2) is 21.3 Å². The van der Waals surface area contributed by atoms with E-state index in [1.165, 1.54) is 0 Å². The molecule has 0 saturated heterocycles. The van der Waals surface area contributed by atoms with Crippen LogP contribution in [-0.2, 0) is 0 Å². The van der Waals surface area contributed by atoms with Crippen molar-refractivity contribution >= 4 is 15.9 Å². The van der Waals surface area contributed by atoms with E-state index < -0.39 is 0 Å². The molecule has 5 heteroatoms. The molecule has 0 aromatic heterocycles. The molecule has 2 aromatic rings. The summed E-state index contributed by atoms with van der Waals surface area (Å²) >= 11 is 3.42. The zero-order chi connectivity index (χ0) is 15.4. The number of hydrogen-bond donors (Lipinski definition) is 1. The van der Waals surface area contributed by atoms with E-state index in [-0.39, 0.29) is 6.04 Å². The highest BCUT2D eigenvalue weighted by molar-refractivity contribution is 9.10. The van der Waals surface area contributed by atoms with Crippen molar-refractivity contribution in [3.8, 4) is 17.2 Å². The Labute approximate surface area is 132 Å². The summed E-state index contributed by atoms with van der Waals surface area (Å²) in [7, 11) is 4.80. The molecule has 0 aliphatic carbocycles. The van der Waals surface area contributed by atoms with Crippen LogP contribution < -0.4 is 19.9 Å². The fourth-order valence-corrected chi connectivity index (χ4v) is 2.41. The minimum atomic E-state index is -0.312. The van der Waals surface area contributed by atoms with Crippen LogP contribution in [0.1, 0.15) is 17.2 Å². The first kappa shape index (κ1) is 15.7. The van der Waals surface area contributed by atoms with Gasteiger partial charge in [0, 0.05) is 16.1 Å². The van der Waals surface area contributed by atoms with Gasteiger partial charge in [0.05, 0.1) is 27.4 Å². The van der Waals surface area contributed by atoms with Gasteiger partial charge in [-0.15, -0.1) is 0 Å². The first-order valence-electron chi connectivity index (χ1n) is 6.41. The molecular weight excluding hydrogens is 334 g/mol. The van der Waals surface area contributed by atoms with Gasteiger partial charge < -0.3 is 19.9 Å². The molecule has 1 atom stereocenters. The molecule has 0 amide bonds. The van der Waals surface area contributed by atoms with E-state index in [1.807, 2.05) is 30.3 Å². The largest absolute Gasteiger partial charge is 0.496 e. The molecule has 0 radical (unpaired) electrons. The fraction of sp³-hybridized carbons (Fsp3) is 0.250. The van der Waals surface area contributed by atoms with E-state index in [9.17, 15) is 0 Å². The van der Waals surface area contributed by atoms with Gasteiger partial charge in [-0.2, -0.15) is 0 Å². The lowest BCUT2D eigenvalue weighted by Gasteiger charge is -2.19. The highest BCUT2D eigenvalue weighted by Gasteiger charge is 2.18. The van der Waals surface area contributed by atoms with Crippen LogP contribution in [0.4, 0.5) is 0 Å². The molecule has 0 aliphatic rings. The maximum atomic E-state index is 6.37. The Balaban J connectivity index is 2.48. The Hall–Kier alpha value is -1.72. The van der Waals surface area contributed by atoms with Crippen molar-refractivity contribution in [1.82, 2.24) is 0 Å². The van der Waals surface area contributed by atoms with Crippen molar-refractivity contribution in [2.75, 3.05) is 21.3 Å². The summed E-state index contributed by atoms with van der Waals surface area (Å²) in [5.74, 6) is 1.91. The number of hydrogen-bond acceptors (Lipinski definition) is 4. The molecule has 1 unspecified atom stereocenters. The Morgan fingerprint density at radius 3 is 1.90 bits per heavy atom. The van der Waals surface area contributed by atoms with Gasteiger partial charge in [0.2, 0.25) is 0 Å². The molecule has 0 bridgehead atoms. The van der Waals surface area contributed by atoms with E-state index in [0.717, 1.165) is 15.6 Å². The average Bonchev–Trinajstić information content (AvgIpc) is 2.53. The molecular formula is C16H18BrNO3. The van der Waals surface area contributed by atoms with Gasteiger partial charge in [-0.25, -0.2) is 0 Å². The molecule has 2 aromatic carbocycles. The van der Waals surface area contributed by atoms with Crippen LogP contribution in [0, 0.1) is 0 Å². The van der Waals surface area contributed by atoms with Gasteiger partial charge in [0.1, 0.15) is 5.75 Å². The zero-order valence-corrected chi connectivity index (χ0v) is 13.8. The van der Waals surface area contributed by atoms with Crippen molar-refractivity contribution < 1.29 is 14.2 Å². The Morgan fingerprint density at radius 2 is 1.38 bits per heavy atom. The Morgan fingerprint density at radius 1 is 0.857 bits per heavy atom. The van der Waals surface area contributed by atoms with E-state index in [1.54, 1.807) is 27.4 Å². The lowest BCUT2D eigenvalue weighted by molar-refractivity contribution is 0.347. The smallest absolute Gasteiger partial charge is 0.164 e. The molecule has 4 nitrogen and oxygen atoms in total. The average molecular weight is 352 g/mol. The fourth-order valence-electron chi connectivity index (χ4n) is 2.15. The highest BCUT2D eigenvalue weighted by atomic mass is 79.9. The normalized spacial score (nSPS) is 11.9. The van der Waals surface area contributed by atoms with Crippen LogP contribution in [0.2, 0.25) is 0 Å². The third-order valence-electron chi connectivity index (χ3n) is 3.30. The Kier molecular flexibility index (Phi) is 5.09. The monoisotopic (exact) mass is 351 g/mol. The topological polar surface area (TPSA) is 53.7 Å². The van der Waals surface area contributed by atoms with Gasteiger partial charge in [-0.3, -0.25) is 0 Å². The van der Waals surface area contributed by atoms with E-state index in [4.69, 9.17) is 19.9 Å². The standard InChI is InChI=1S/C16H18BrNO3/c1-19-13-9-15(21-3)14(20-2)8-12(13)16(18)10-4-6-11(17)7-5-10/h4-9,16H,18H2,1-3H3. The molecule has 0 aliphatic heterocycles. The van der Waals surface area contributed by atoms with Crippen LogP contribution in [0.3, 0.4) is 0 Å². The van der Waals surface area contributed by atoms with E-state index in [2.05, 4.69) is 15.9 Å². The number of methoxy groups -OCH3 is 3. The summed E-state index contributed by atoms with van der Waals surface area (Å²) in [6.07, 6.45) is 0. The molecule has 0 fully saturated rings. The molecule has 21 heavy (non-hydrogen) atoms. The molecule has 2 N–H and O–H groups in total. The van der Waals surface area contributed by atoms with Crippen LogP contribution in [0.25, 0.3) is 0 Å². The maximum absolute atomic E-state index is 6.37. The zero-order valence-electron chi connectivity index (χ0n) is 12.2. The second-order valence-corrected chi connectivity index (χ2v) is 5.39. The summed E-state index contributed by atoms with van der Waals surface area (Å²) in [5, 5.41) is 0. The quantitative estimate of drug-likeness (QED) is 0.895. The second kappa shape index (κ2) is 6.83. The summed E-state index contributed by atoms with van der Waals surface area (Å²) in [4.78, 5) is 0. The SMILES string of the molecule is COc1cc(OC)c(C(N)c2ccc(Br)cc2)cc1OC. The van der Waals surface area contributed by atoms with Crippen molar-refractivity contribution in [2.45, 2.75) is 6.04 Å². The third-order valence-corrected chi connectivity index (χ3v) is 3.83. The van der Waals surface area contributed by atoms with E-state index in [0.29, 0.717) is 17.2 Å². The molecule has 2 rings (SSSR count). The molecule has 0 saturated carbocycles. The van der Waals surface area contributed by atoms with Crippen molar-refractivity contribution in [2.24, 2.45) is 5.73 Å². The highest BCUT2D eigenvalue weighted by Crippen LogP contribution is 2.38. The lowest BCUT2D eigenvalue weighted by Crippen LogP contribution is -2.13. The lowest BCUT2D eigenvalue weighted by atomic mass is 9.98.